The van der Waals surface area contributed by atoms with E-state index in [9.17, 15) is 18.8 Å². The highest BCUT2D eigenvalue weighted by molar-refractivity contribution is 7.17. The van der Waals surface area contributed by atoms with Crippen LogP contribution in [0.5, 0.6) is 0 Å². The van der Waals surface area contributed by atoms with Gasteiger partial charge < -0.3 is 10.1 Å². The van der Waals surface area contributed by atoms with Crippen molar-refractivity contribution < 1.29 is 23.5 Å². The highest BCUT2D eigenvalue weighted by Crippen LogP contribution is 2.28. The smallest absolute Gasteiger partial charge is 0.351 e. The number of carbonyl (C=O) groups excluding carboxylic acids is 3. The van der Waals surface area contributed by atoms with Gasteiger partial charge in [-0.25, -0.2) is 19.0 Å². The first-order chi connectivity index (χ1) is 12.7. The van der Waals surface area contributed by atoms with E-state index in [4.69, 9.17) is 4.74 Å². The summed E-state index contributed by atoms with van der Waals surface area (Å²) in [5.74, 6) is -1.82. The summed E-state index contributed by atoms with van der Waals surface area (Å²) in [7, 11) is 0. The molecule has 1 aromatic carbocycles. The van der Waals surface area contributed by atoms with E-state index >= 15 is 0 Å². The molecule has 0 aliphatic heterocycles. The van der Waals surface area contributed by atoms with Crippen molar-refractivity contribution in [2.45, 2.75) is 39.8 Å². The van der Waals surface area contributed by atoms with Crippen molar-refractivity contribution in [3.63, 3.8) is 0 Å². The van der Waals surface area contributed by atoms with Gasteiger partial charge in [-0.2, -0.15) is 0 Å². The van der Waals surface area contributed by atoms with Crippen molar-refractivity contribution in [2.24, 2.45) is 0 Å². The van der Waals surface area contributed by atoms with Gasteiger partial charge in [0.15, 0.2) is 6.10 Å². The lowest BCUT2D eigenvalue weighted by atomic mass is 10.2. The maximum absolute atomic E-state index is 13.0. The molecule has 9 heteroatoms. The number of urea groups is 1. The van der Waals surface area contributed by atoms with Crippen LogP contribution >= 0.6 is 11.3 Å². The third-order valence-corrected chi connectivity index (χ3v) is 4.57. The number of esters is 1. The number of benzene rings is 1. The van der Waals surface area contributed by atoms with E-state index in [-0.39, 0.29) is 16.7 Å². The Bertz CT molecular complexity index is 849. The van der Waals surface area contributed by atoms with E-state index in [1.54, 1.807) is 32.9 Å². The Balaban J connectivity index is 2.04. The number of halogens is 1. The highest BCUT2D eigenvalue weighted by Gasteiger charge is 2.24. The lowest BCUT2D eigenvalue weighted by molar-refractivity contribution is -0.127. The number of amides is 3. The van der Waals surface area contributed by atoms with Gasteiger partial charge in [0.1, 0.15) is 15.7 Å². The third kappa shape index (κ3) is 5.58. The summed E-state index contributed by atoms with van der Waals surface area (Å²) in [4.78, 5) is 40.4. The van der Waals surface area contributed by atoms with Gasteiger partial charge in [-0.3, -0.25) is 10.1 Å². The summed E-state index contributed by atoms with van der Waals surface area (Å²) in [5, 5.41) is 5.14. The molecule has 2 rings (SSSR count). The molecule has 2 aromatic rings. The first-order valence-electron chi connectivity index (χ1n) is 8.23. The molecule has 7 nitrogen and oxygen atoms in total. The van der Waals surface area contributed by atoms with Crippen LogP contribution in [0.4, 0.5) is 9.18 Å². The standard InChI is InChI=1S/C18H20FN3O4S/c1-9(2)20-18(25)22-15(23)11(4)26-17(24)14-10(3)21-16(27-14)12-5-7-13(19)8-6-12/h5-9,11H,1-4H3,(H2,20,22,23,25)/t11-/m0/s1. The Morgan fingerprint density at radius 1 is 1.15 bits per heavy atom. The van der Waals surface area contributed by atoms with Gasteiger partial charge in [0.2, 0.25) is 0 Å². The van der Waals surface area contributed by atoms with Crippen molar-refractivity contribution in [3.05, 3.63) is 40.7 Å². The molecule has 0 saturated heterocycles. The normalized spacial score (nSPS) is 11.8. The fraction of sp³-hybridized carbons (Fsp3) is 0.333. The zero-order chi connectivity index (χ0) is 20.1. The summed E-state index contributed by atoms with van der Waals surface area (Å²) in [6, 6.07) is 4.93. The maximum atomic E-state index is 13.0. The average Bonchev–Trinajstić information content (AvgIpc) is 2.96. The minimum Gasteiger partial charge on any atom is -0.448 e. The monoisotopic (exact) mass is 393 g/mol. The Morgan fingerprint density at radius 2 is 1.78 bits per heavy atom. The van der Waals surface area contributed by atoms with Crippen LogP contribution in [0.15, 0.2) is 24.3 Å². The topological polar surface area (TPSA) is 97.4 Å². The van der Waals surface area contributed by atoms with Gasteiger partial charge in [-0.1, -0.05) is 0 Å². The molecule has 1 atom stereocenters. The van der Waals surface area contributed by atoms with Crippen LogP contribution in [0.3, 0.4) is 0 Å². The molecule has 0 aliphatic rings. The lowest BCUT2D eigenvalue weighted by Crippen LogP contribution is -2.46. The molecule has 1 aromatic heterocycles. The molecule has 27 heavy (non-hydrogen) atoms. The van der Waals surface area contributed by atoms with Crippen molar-refractivity contribution in [1.29, 1.82) is 0 Å². The van der Waals surface area contributed by atoms with Crippen LogP contribution in [0.1, 0.15) is 36.1 Å². The van der Waals surface area contributed by atoms with E-state index in [2.05, 4.69) is 15.6 Å². The molecule has 0 saturated carbocycles. The molecule has 0 aliphatic carbocycles. The van der Waals surface area contributed by atoms with Crippen molar-refractivity contribution in [2.75, 3.05) is 0 Å². The zero-order valence-electron chi connectivity index (χ0n) is 15.3. The van der Waals surface area contributed by atoms with Crippen LogP contribution < -0.4 is 10.6 Å². The third-order valence-electron chi connectivity index (χ3n) is 3.38. The van der Waals surface area contributed by atoms with Gasteiger partial charge in [0.25, 0.3) is 5.91 Å². The molecule has 0 fully saturated rings. The lowest BCUT2D eigenvalue weighted by Gasteiger charge is -2.14. The molecule has 0 unspecified atom stereocenters. The molecule has 0 radical (unpaired) electrons. The van der Waals surface area contributed by atoms with E-state index < -0.39 is 24.0 Å². The number of nitrogens with zero attached hydrogens (tertiary/aromatic N) is 1. The van der Waals surface area contributed by atoms with Crippen LogP contribution in [-0.4, -0.2) is 35.0 Å². The molecular formula is C18H20FN3O4S. The number of carbonyl (C=O) groups is 3. The van der Waals surface area contributed by atoms with Crippen LogP contribution in [0.2, 0.25) is 0 Å². The highest BCUT2D eigenvalue weighted by atomic mass is 32.1. The van der Waals surface area contributed by atoms with Crippen molar-refractivity contribution in [3.8, 4) is 10.6 Å². The zero-order valence-corrected chi connectivity index (χ0v) is 16.1. The largest absolute Gasteiger partial charge is 0.448 e. The summed E-state index contributed by atoms with van der Waals surface area (Å²) in [6.45, 7) is 6.51. The minimum absolute atomic E-state index is 0.139. The van der Waals surface area contributed by atoms with Gasteiger partial charge in [-0.15, -0.1) is 11.3 Å². The van der Waals surface area contributed by atoms with Gasteiger partial charge in [-0.05, 0) is 52.0 Å². The van der Waals surface area contributed by atoms with E-state index in [0.717, 1.165) is 11.3 Å². The minimum atomic E-state index is -1.16. The molecule has 2 N–H and O–H groups in total. The quantitative estimate of drug-likeness (QED) is 0.761. The fourth-order valence-electron chi connectivity index (χ4n) is 2.08. The number of imide groups is 1. The Morgan fingerprint density at radius 3 is 2.37 bits per heavy atom. The first-order valence-corrected chi connectivity index (χ1v) is 9.04. The summed E-state index contributed by atoms with van der Waals surface area (Å²) in [5.41, 5.74) is 1.11. The van der Waals surface area contributed by atoms with Gasteiger partial charge in [0.05, 0.1) is 5.69 Å². The number of thiazole rings is 1. The Kier molecular flexibility index (Phi) is 6.62. The predicted molar refractivity (Wildman–Crippen MR) is 98.9 cm³/mol. The average molecular weight is 393 g/mol. The number of rotatable bonds is 5. The predicted octanol–water partition coefficient (Wildman–Crippen LogP) is 3.04. The number of aryl methyl sites for hydroxylation is 1. The number of aromatic nitrogens is 1. The number of hydrogen-bond donors (Lipinski definition) is 2. The van der Waals surface area contributed by atoms with E-state index in [0.29, 0.717) is 16.3 Å². The second kappa shape index (κ2) is 8.72. The molecule has 0 spiro atoms. The van der Waals surface area contributed by atoms with E-state index in [1.807, 2.05) is 0 Å². The summed E-state index contributed by atoms with van der Waals surface area (Å²) in [6.07, 6.45) is -1.16. The van der Waals surface area contributed by atoms with E-state index in [1.165, 1.54) is 19.1 Å². The molecule has 3 amide bonds. The first kappa shape index (κ1) is 20.5. The molecular weight excluding hydrogens is 373 g/mol. The van der Waals surface area contributed by atoms with Crippen LogP contribution in [-0.2, 0) is 9.53 Å². The van der Waals surface area contributed by atoms with Crippen LogP contribution in [0, 0.1) is 12.7 Å². The molecule has 144 valence electrons. The number of nitrogens with one attached hydrogen (secondary N) is 2. The summed E-state index contributed by atoms with van der Waals surface area (Å²) < 4.78 is 18.2. The fourth-order valence-corrected chi connectivity index (χ4v) is 3.04. The Labute approximate surface area is 159 Å². The van der Waals surface area contributed by atoms with Crippen molar-refractivity contribution >= 4 is 29.2 Å². The van der Waals surface area contributed by atoms with Crippen molar-refractivity contribution in [1.82, 2.24) is 15.6 Å². The molecule has 0 bridgehead atoms. The van der Waals surface area contributed by atoms with Gasteiger partial charge in [0, 0.05) is 11.6 Å². The number of hydrogen-bond acceptors (Lipinski definition) is 6. The summed E-state index contributed by atoms with van der Waals surface area (Å²) >= 11 is 1.08. The van der Waals surface area contributed by atoms with Gasteiger partial charge >= 0.3 is 12.0 Å². The molecule has 1 heterocycles. The SMILES string of the molecule is Cc1nc(-c2ccc(F)cc2)sc1C(=O)O[C@@H](C)C(=O)NC(=O)NC(C)C. The second-order valence-electron chi connectivity index (χ2n) is 6.11. The van der Waals surface area contributed by atoms with Crippen LogP contribution in [0.25, 0.3) is 10.6 Å². The second-order valence-corrected chi connectivity index (χ2v) is 7.10. The number of ether oxygens (including phenoxy) is 1. The maximum Gasteiger partial charge on any atom is 0.351 e. The Hall–Kier alpha value is -2.81.